The normalized spacial score (nSPS) is 11.6. The van der Waals surface area contributed by atoms with Gasteiger partial charge in [-0.15, -0.1) is 0 Å². The first-order chi connectivity index (χ1) is 15.0. The van der Waals surface area contributed by atoms with Crippen LogP contribution in [0, 0.1) is 0 Å². The summed E-state index contributed by atoms with van der Waals surface area (Å²) in [6, 6.07) is 9.45. The van der Waals surface area contributed by atoms with Crippen molar-refractivity contribution in [3.05, 3.63) is 42.2 Å². The number of benzene rings is 1. The Balaban J connectivity index is 2.13. The fraction of sp³-hybridized carbons (Fsp3) is 0.409. The number of aromatic nitrogens is 4. The minimum Gasteiger partial charge on any atom is -0.480 e. The van der Waals surface area contributed by atoms with Crippen LogP contribution in [0.15, 0.2) is 36.7 Å². The number of nitrogens with one attached hydrogen (secondary N) is 1. The van der Waals surface area contributed by atoms with Gasteiger partial charge in [-0.2, -0.15) is 9.97 Å². The molecule has 10 nitrogen and oxygen atoms in total. The van der Waals surface area contributed by atoms with Gasteiger partial charge >= 0.3 is 12.1 Å². The van der Waals surface area contributed by atoms with Crippen LogP contribution in [0.5, 0.6) is 0 Å². The molecule has 0 spiro atoms. The summed E-state index contributed by atoms with van der Waals surface area (Å²) in [7, 11) is 0. The number of carbonyl (C=O) groups is 2. The van der Waals surface area contributed by atoms with E-state index in [1.54, 1.807) is 27.1 Å². The first kappa shape index (κ1) is 23.0. The molecule has 2 aromatic heterocycles. The molecule has 0 saturated carbocycles. The molecule has 3 aromatic rings. The SMILES string of the molecule is CC(C)n1cnc2c(NCC(=O)O)nc(N(Cc3ccccc3)C(=O)OC(C)(C)C)nc21. The highest BCUT2D eigenvalue weighted by atomic mass is 16.6. The molecule has 10 heteroatoms. The smallest absolute Gasteiger partial charge is 0.417 e. The second-order valence-corrected chi connectivity index (χ2v) is 8.59. The minimum atomic E-state index is -1.05. The van der Waals surface area contributed by atoms with Gasteiger partial charge < -0.3 is 19.7 Å². The van der Waals surface area contributed by atoms with Crippen LogP contribution in [-0.4, -0.2) is 48.8 Å². The van der Waals surface area contributed by atoms with Gasteiger partial charge in [0.15, 0.2) is 17.0 Å². The second-order valence-electron chi connectivity index (χ2n) is 8.59. The number of nitrogens with zero attached hydrogens (tertiary/aromatic N) is 5. The maximum atomic E-state index is 13.1. The molecule has 0 fully saturated rings. The lowest BCUT2D eigenvalue weighted by atomic mass is 10.2. The van der Waals surface area contributed by atoms with E-state index in [4.69, 9.17) is 9.84 Å². The predicted molar refractivity (Wildman–Crippen MR) is 121 cm³/mol. The lowest BCUT2D eigenvalue weighted by Crippen LogP contribution is -2.37. The number of rotatable bonds is 7. The molecular weight excluding hydrogens is 412 g/mol. The maximum absolute atomic E-state index is 13.1. The number of anilines is 2. The van der Waals surface area contributed by atoms with Crippen molar-refractivity contribution in [2.75, 3.05) is 16.8 Å². The molecule has 1 aromatic carbocycles. The van der Waals surface area contributed by atoms with E-state index < -0.39 is 17.7 Å². The Labute approximate surface area is 186 Å². The third-order valence-corrected chi connectivity index (χ3v) is 4.41. The van der Waals surface area contributed by atoms with Gasteiger partial charge in [-0.05, 0) is 40.2 Å². The first-order valence-electron chi connectivity index (χ1n) is 10.3. The van der Waals surface area contributed by atoms with Crippen LogP contribution in [0.3, 0.4) is 0 Å². The molecule has 2 N–H and O–H groups in total. The molecule has 0 aliphatic rings. The van der Waals surface area contributed by atoms with Gasteiger partial charge in [0.2, 0.25) is 5.95 Å². The number of amides is 1. The molecule has 0 bridgehead atoms. The molecule has 0 aliphatic carbocycles. The fourth-order valence-corrected chi connectivity index (χ4v) is 2.99. The van der Waals surface area contributed by atoms with E-state index >= 15 is 0 Å². The van der Waals surface area contributed by atoms with Crippen LogP contribution in [-0.2, 0) is 16.1 Å². The molecule has 2 heterocycles. The van der Waals surface area contributed by atoms with Crippen molar-refractivity contribution < 1.29 is 19.4 Å². The number of hydrogen-bond donors (Lipinski definition) is 2. The van der Waals surface area contributed by atoms with Crippen LogP contribution >= 0.6 is 0 Å². The maximum Gasteiger partial charge on any atom is 0.417 e. The number of carboxylic acid groups (broad SMARTS) is 1. The first-order valence-corrected chi connectivity index (χ1v) is 10.3. The molecule has 0 radical (unpaired) electrons. The topological polar surface area (TPSA) is 122 Å². The number of hydrogen-bond acceptors (Lipinski definition) is 7. The Hall–Kier alpha value is -3.69. The minimum absolute atomic E-state index is 0.0409. The molecule has 3 rings (SSSR count). The Kier molecular flexibility index (Phi) is 6.61. The number of imidazole rings is 1. The van der Waals surface area contributed by atoms with Gasteiger partial charge in [-0.25, -0.2) is 14.7 Å². The third kappa shape index (κ3) is 5.51. The van der Waals surface area contributed by atoms with Crippen molar-refractivity contribution in [1.82, 2.24) is 19.5 Å². The van der Waals surface area contributed by atoms with Gasteiger partial charge in [0, 0.05) is 6.04 Å². The van der Waals surface area contributed by atoms with Crippen LogP contribution < -0.4 is 10.2 Å². The molecule has 0 unspecified atom stereocenters. The van der Waals surface area contributed by atoms with Gasteiger partial charge in [0.05, 0.1) is 12.9 Å². The quantitative estimate of drug-likeness (QED) is 0.568. The Bertz CT molecular complexity index is 1100. The van der Waals surface area contributed by atoms with Crippen molar-refractivity contribution >= 4 is 35.0 Å². The standard InChI is InChI=1S/C22H28N6O4/c1-14(2)28-13-24-17-18(23-11-16(29)30)25-20(26-19(17)28)27(21(31)32-22(3,4)5)12-15-9-7-6-8-10-15/h6-10,13-14H,11-12H2,1-5H3,(H,29,30)(H,23,25,26). The molecule has 1 amide bonds. The molecule has 0 saturated heterocycles. The van der Waals surface area contributed by atoms with E-state index in [9.17, 15) is 9.59 Å². The van der Waals surface area contributed by atoms with Gasteiger partial charge in [-0.1, -0.05) is 30.3 Å². The summed E-state index contributed by atoms with van der Waals surface area (Å²) in [4.78, 5) is 39.0. The number of aliphatic carboxylic acids is 1. The van der Waals surface area contributed by atoms with Gasteiger partial charge in [0.1, 0.15) is 12.1 Å². The average molecular weight is 441 g/mol. The lowest BCUT2D eigenvalue weighted by molar-refractivity contribution is -0.134. The lowest BCUT2D eigenvalue weighted by Gasteiger charge is -2.26. The van der Waals surface area contributed by atoms with Crippen molar-refractivity contribution in [2.45, 2.75) is 52.8 Å². The number of carbonyl (C=O) groups excluding carboxylic acids is 1. The molecule has 170 valence electrons. The summed E-state index contributed by atoms with van der Waals surface area (Å²) in [6.45, 7) is 9.11. The van der Waals surface area contributed by atoms with E-state index in [2.05, 4.69) is 20.3 Å². The van der Waals surface area contributed by atoms with E-state index in [-0.39, 0.29) is 30.9 Å². The van der Waals surface area contributed by atoms with Crippen LogP contribution in [0.2, 0.25) is 0 Å². The number of ether oxygens (including phenoxy) is 1. The molecule has 32 heavy (non-hydrogen) atoms. The summed E-state index contributed by atoms with van der Waals surface area (Å²) >= 11 is 0. The van der Waals surface area contributed by atoms with Crippen LogP contribution in [0.1, 0.15) is 46.2 Å². The second kappa shape index (κ2) is 9.21. The number of carboxylic acids is 1. The molecular formula is C22H28N6O4. The third-order valence-electron chi connectivity index (χ3n) is 4.41. The monoisotopic (exact) mass is 440 g/mol. The van der Waals surface area contributed by atoms with E-state index in [1.807, 2.05) is 48.7 Å². The highest BCUT2D eigenvalue weighted by Crippen LogP contribution is 2.26. The summed E-state index contributed by atoms with van der Waals surface area (Å²) in [5.41, 5.74) is 1.05. The predicted octanol–water partition coefficient (Wildman–Crippen LogP) is 3.85. The van der Waals surface area contributed by atoms with Crippen LogP contribution in [0.25, 0.3) is 11.2 Å². The van der Waals surface area contributed by atoms with E-state index in [0.29, 0.717) is 11.2 Å². The summed E-state index contributed by atoms with van der Waals surface area (Å²) < 4.78 is 7.44. The van der Waals surface area contributed by atoms with Gasteiger partial charge in [0.25, 0.3) is 0 Å². The van der Waals surface area contributed by atoms with E-state index in [1.165, 1.54) is 4.90 Å². The number of fused-ring (bicyclic) bond motifs is 1. The molecule has 0 atom stereocenters. The van der Waals surface area contributed by atoms with Crippen molar-refractivity contribution in [3.63, 3.8) is 0 Å². The van der Waals surface area contributed by atoms with Crippen molar-refractivity contribution in [1.29, 1.82) is 0 Å². The Morgan fingerprint density at radius 2 is 1.88 bits per heavy atom. The Morgan fingerprint density at radius 1 is 1.19 bits per heavy atom. The largest absolute Gasteiger partial charge is 0.480 e. The highest BCUT2D eigenvalue weighted by molar-refractivity contribution is 5.90. The fourth-order valence-electron chi connectivity index (χ4n) is 2.99. The zero-order valence-electron chi connectivity index (χ0n) is 18.9. The van der Waals surface area contributed by atoms with Gasteiger partial charge in [-0.3, -0.25) is 4.79 Å². The summed E-state index contributed by atoms with van der Waals surface area (Å²) in [5, 5.41) is 11.9. The molecule has 0 aliphatic heterocycles. The average Bonchev–Trinajstić information content (AvgIpc) is 3.14. The Morgan fingerprint density at radius 3 is 2.47 bits per heavy atom. The van der Waals surface area contributed by atoms with Crippen LogP contribution in [0.4, 0.5) is 16.6 Å². The van der Waals surface area contributed by atoms with E-state index in [0.717, 1.165) is 5.56 Å². The zero-order valence-corrected chi connectivity index (χ0v) is 18.9. The summed E-state index contributed by atoms with van der Waals surface area (Å²) in [6.07, 6.45) is 1.01. The summed E-state index contributed by atoms with van der Waals surface area (Å²) in [5.74, 6) is -0.728. The zero-order chi connectivity index (χ0) is 23.5. The highest BCUT2D eigenvalue weighted by Gasteiger charge is 2.27. The van der Waals surface area contributed by atoms with Crippen molar-refractivity contribution in [3.8, 4) is 0 Å². The van der Waals surface area contributed by atoms with Crippen molar-refractivity contribution in [2.24, 2.45) is 0 Å².